The van der Waals surface area contributed by atoms with E-state index in [1.54, 1.807) is 18.5 Å². The van der Waals surface area contributed by atoms with E-state index >= 15 is 0 Å². The van der Waals surface area contributed by atoms with Crippen LogP contribution in [0, 0.1) is 0 Å². The molecule has 3 rings (SSSR count). The minimum absolute atomic E-state index is 0.179. The summed E-state index contributed by atoms with van der Waals surface area (Å²) in [4.78, 5) is 24.5. The van der Waals surface area contributed by atoms with E-state index in [0.717, 1.165) is 5.56 Å². The first-order valence-corrected chi connectivity index (χ1v) is 7.19. The quantitative estimate of drug-likeness (QED) is 0.804. The van der Waals surface area contributed by atoms with Gasteiger partial charge >= 0.3 is 0 Å². The molecule has 0 aliphatic heterocycles. The third-order valence-corrected chi connectivity index (χ3v) is 3.41. The van der Waals surface area contributed by atoms with E-state index in [1.165, 1.54) is 6.20 Å². The summed E-state index contributed by atoms with van der Waals surface area (Å²) in [5, 5.41) is 3.56. The number of hydrogen-bond acceptors (Lipinski definition) is 4. The lowest BCUT2D eigenvalue weighted by Gasteiger charge is -2.06. The van der Waals surface area contributed by atoms with Gasteiger partial charge in [0.2, 0.25) is 0 Å². The predicted octanol–water partition coefficient (Wildman–Crippen LogP) is 2.65. The van der Waals surface area contributed by atoms with Crippen molar-refractivity contribution in [2.24, 2.45) is 0 Å². The number of carbonyl (C=O) groups is 1. The molecule has 0 saturated heterocycles. The van der Waals surface area contributed by atoms with Gasteiger partial charge in [0, 0.05) is 30.2 Å². The van der Waals surface area contributed by atoms with Gasteiger partial charge in [-0.05, 0) is 30.2 Å². The third-order valence-electron chi connectivity index (χ3n) is 3.17. The first kappa shape index (κ1) is 14.4. The van der Waals surface area contributed by atoms with Gasteiger partial charge in [0.1, 0.15) is 5.52 Å². The van der Waals surface area contributed by atoms with E-state index < -0.39 is 0 Å². The lowest BCUT2D eigenvalue weighted by Crippen LogP contribution is -2.25. The summed E-state index contributed by atoms with van der Waals surface area (Å²) in [7, 11) is 0. The summed E-state index contributed by atoms with van der Waals surface area (Å²) >= 11 is 5.93. The topological polar surface area (TPSA) is 67.8 Å². The molecule has 5 nitrogen and oxygen atoms in total. The molecule has 0 atom stereocenters. The van der Waals surface area contributed by atoms with E-state index in [2.05, 4.69) is 20.3 Å². The molecule has 1 aromatic carbocycles. The molecule has 0 fully saturated rings. The number of benzene rings is 1. The minimum Gasteiger partial charge on any atom is -0.352 e. The summed E-state index contributed by atoms with van der Waals surface area (Å²) in [5.41, 5.74) is 2.68. The van der Waals surface area contributed by atoms with Crippen molar-refractivity contribution in [2.45, 2.75) is 6.42 Å². The van der Waals surface area contributed by atoms with Crippen LogP contribution in [0.3, 0.4) is 0 Å². The van der Waals surface area contributed by atoms with E-state index in [0.29, 0.717) is 34.7 Å². The van der Waals surface area contributed by atoms with E-state index in [9.17, 15) is 4.79 Å². The molecule has 1 N–H and O–H groups in total. The molecule has 6 heteroatoms. The number of rotatable bonds is 4. The molecule has 0 bridgehead atoms. The second-order valence-corrected chi connectivity index (χ2v) is 5.20. The molecule has 0 unspecified atom stereocenters. The van der Waals surface area contributed by atoms with Crippen LogP contribution in [-0.2, 0) is 6.42 Å². The zero-order chi connectivity index (χ0) is 15.4. The zero-order valence-electron chi connectivity index (χ0n) is 11.7. The molecule has 3 aromatic rings. The van der Waals surface area contributed by atoms with Gasteiger partial charge < -0.3 is 5.32 Å². The molecule has 1 amide bonds. The molecule has 22 heavy (non-hydrogen) atoms. The lowest BCUT2D eigenvalue weighted by atomic mass is 10.1. The summed E-state index contributed by atoms with van der Waals surface area (Å²) in [5.74, 6) is -0.179. The molecule has 0 saturated carbocycles. The number of nitrogens with zero attached hydrogens (tertiary/aromatic N) is 3. The lowest BCUT2D eigenvalue weighted by molar-refractivity contribution is 0.0954. The van der Waals surface area contributed by atoms with E-state index in [4.69, 9.17) is 11.6 Å². The Morgan fingerprint density at radius 2 is 2.00 bits per heavy atom. The minimum atomic E-state index is -0.179. The van der Waals surface area contributed by atoms with Crippen LogP contribution in [0.1, 0.15) is 15.9 Å². The SMILES string of the molecule is O=C(NCCc1cccc(Cl)c1)c1cnc2nccnc2c1. The van der Waals surface area contributed by atoms with Crippen molar-refractivity contribution >= 4 is 28.7 Å². The van der Waals surface area contributed by atoms with Gasteiger partial charge in [-0.15, -0.1) is 0 Å². The number of nitrogens with one attached hydrogen (secondary N) is 1. The number of fused-ring (bicyclic) bond motifs is 1. The van der Waals surface area contributed by atoms with E-state index in [-0.39, 0.29) is 5.91 Å². The number of halogens is 1. The highest BCUT2D eigenvalue weighted by molar-refractivity contribution is 6.30. The maximum Gasteiger partial charge on any atom is 0.252 e. The number of carbonyl (C=O) groups excluding carboxylic acids is 1. The highest BCUT2D eigenvalue weighted by Crippen LogP contribution is 2.11. The van der Waals surface area contributed by atoms with Crippen LogP contribution in [0.15, 0.2) is 48.9 Å². The molecule has 0 spiro atoms. The first-order chi connectivity index (χ1) is 10.7. The molecule has 0 radical (unpaired) electrons. The Morgan fingerprint density at radius 1 is 1.14 bits per heavy atom. The Morgan fingerprint density at radius 3 is 2.86 bits per heavy atom. The van der Waals surface area contributed by atoms with Crippen molar-refractivity contribution in [1.29, 1.82) is 0 Å². The number of hydrogen-bond donors (Lipinski definition) is 1. The number of amides is 1. The highest BCUT2D eigenvalue weighted by Gasteiger charge is 2.07. The van der Waals surface area contributed by atoms with Crippen LogP contribution < -0.4 is 5.32 Å². The molecular weight excluding hydrogens is 300 g/mol. The summed E-state index contributed by atoms with van der Waals surface area (Å²) < 4.78 is 0. The maximum absolute atomic E-state index is 12.1. The van der Waals surface area contributed by atoms with Crippen LogP contribution in [0.25, 0.3) is 11.2 Å². The van der Waals surface area contributed by atoms with Crippen molar-refractivity contribution in [3.05, 3.63) is 65.1 Å². The number of aromatic nitrogens is 3. The fourth-order valence-corrected chi connectivity index (χ4v) is 2.31. The largest absolute Gasteiger partial charge is 0.352 e. The Kier molecular flexibility index (Phi) is 4.25. The summed E-state index contributed by atoms with van der Waals surface area (Å²) in [6.45, 7) is 0.525. The maximum atomic E-state index is 12.1. The fraction of sp³-hybridized carbons (Fsp3) is 0.125. The van der Waals surface area contributed by atoms with Gasteiger partial charge in [0.05, 0.1) is 5.56 Å². The van der Waals surface area contributed by atoms with Crippen LogP contribution >= 0.6 is 11.6 Å². The van der Waals surface area contributed by atoms with E-state index in [1.807, 2.05) is 24.3 Å². The van der Waals surface area contributed by atoms with Crippen molar-refractivity contribution in [3.8, 4) is 0 Å². The summed E-state index contributed by atoms with van der Waals surface area (Å²) in [6, 6.07) is 9.27. The van der Waals surface area contributed by atoms with Gasteiger partial charge in [0.25, 0.3) is 5.91 Å². The first-order valence-electron chi connectivity index (χ1n) is 6.82. The standard InChI is InChI=1S/C16H13ClN4O/c17-13-3-1-2-11(8-13)4-5-20-16(22)12-9-14-15(21-10-12)19-7-6-18-14/h1-3,6-10H,4-5H2,(H,20,22). The second kappa shape index (κ2) is 6.49. The zero-order valence-corrected chi connectivity index (χ0v) is 12.4. The molecule has 0 aliphatic rings. The highest BCUT2D eigenvalue weighted by atomic mass is 35.5. The van der Waals surface area contributed by atoms with Gasteiger partial charge in [-0.25, -0.2) is 9.97 Å². The Balaban J connectivity index is 1.63. The third kappa shape index (κ3) is 3.38. The van der Waals surface area contributed by atoms with Gasteiger partial charge in [-0.3, -0.25) is 9.78 Å². The molecule has 0 aliphatic carbocycles. The predicted molar refractivity (Wildman–Crippen MR) is 84.8 cm³/mol. The average molecular weight is 313 g/mol. The van der Waals surface area contributed by atoms with Crippen LogP contribution in [0.2, 0.25) is 5.02 Å². The monoisotopic (exact) mass is 312 g/mol. The fourth-order valence-electron chi connectivity index (χ4n) is 2.10. The van der Waals surface area contributed by atoms with Gasteiger partial charge in [-0.2, -0.15) is 0 Å². The van der Waals surface area contributed by atoms with Gasteiger partial charge in [-0.1, -0.05) is 23.7 Å². The van der Waals surface area contributed by atoms with Crippen LogP contribution in [0.4, 0.5) is 0 Å². The van der Waals surface area contributed by atoms with Crippen LogP contribution in [0.5, 0.6) is 0 Å². The van der Waals surface area contributed by atoms with Crippen molar-refractivity contribution in [2.75, 3.05) is 6.54 Å². The molecule has 2 aromatic heterocycles. The normalized spacial score (nSPS) is 10.6. The molecule has 2 heterocycles. The van der Waals surface area contributed by atoms with Crippen molar-refractivity contribution in [3.63, 3.8) is 0 Å². The van der Waals surface area contributed by atoms with Crippen molar-refractivity contribution in [1.82, 2.24) is 20.3 Å². The number of pyridine rings is 1. The smallest absolute Gasteiger partial charge is 0.252 e. The van der Waals surface area contributed by atoms with Gasteiger partial charge in [0.15, 0.2) is 5.65 Å². The molecule has 110 valence electrons. The molecular formula is C16H13ClN4O. The average Bonchev–Trinajstić information content (AvgIpc) is 2.54. The van der Waals surface area contributed by atoms with Crippen molar-refractivity contribution < 1.29 is 4.79 Å². The van der Waals surface area contributed by atoms with Crippen LogP contribution in [-0.4, -0.2) is 27.4 Å². The Labute approximate surface area is 132 Å². The Hall–Kier alpha value is -2.53. The summed E-state index contributed by atoms with van der Waals surface area (Å²) in [6.07, 6.45) is 5.36. The second-order valence-electron chi connectivity index (χ2n) is 4.76. The Bertz CT molecular complexity index is 822.